The summed E-state index contributed by atoms with van der Waals surface area (Å²) < 4.78 is 13.0. The number of allylic oxidation sites excluding steroid dienone is 2. The van der Waals surface area contributed by atoms with E-state index in [1.54, 1.807) is 6.08 Å². The third kappa shape index (κ3) is 2.47. The normalized spacial score (nSPS) is 55.4. The van der Waals surface area contributed by atoms with Crippen LogP contribution in [-0.4, -0.2) is 64.0 Å². The smallest absolute Gasteiger partial charge is 0.308 e. The standard InChI is InChI=1S/C30H39NO7/c1-15-8-19-22(20(33)9-15)16(2)23(35)24-26(3)12-21(34)38-30(25(36)28(19,24)5)27(26,4)6-7-29-11-17(14-32)10-18(37-29)13-31(29)30/h9,16-19,22,24,32H,6-8,10-14H2,1-5H3/t16-,17+,18-,19-,22+,24-,26+,27+,28+,29+,30-/m1/s1. The van der Waals surface area contributed by atoms with Gasteiger partial charge >= 0.3 is 5.97 Å². The van der Waals surface area contributed by atoms with Crippen LogP contribution in [0.1, 0.15) is 73.1 Å². The number of Topliss-reactive ketones (excluding diaryl/α,β-unsaturated/α-hetero) is 2. The summed E-state index contributed by atoms with van der Waals surface area (Å²) in [5.74, 6) is -2.83. The summed E-state index contributed by atoms with van der Waals surface area (Å²) in [6.07, 6.45) is 4.62. The van der Waals surface area contributed by atoms with Crippen LogP contribution in [0.3, 0.4) is 0 Å². The fourth-order valence-corrected chi connectivity index (χ4v) is 10.9. The highest BCUT2D eigenvalue weighted by atomic mass is 16.6. The predicted octanol–water partition coefficient (Wildman–Crippen LogP) is 2.81. The Morgan fingerprint density at radius 2 is 1.87 bits per heavy atom. The highest BCUT2D eigenvalue weighted by molar-refractivity contribution is 6.07. The second-order valence-electron chi connectivity index (χ2n) is 14.3. The Bertz CT molecular complexity index is 1230. The van der Waals surface area contributed by atoms with E-state index in [9.17, 15) is 19.5 Å². The first-order chi connectivity index (χ1) is 17.8. The Labute approximate surface area is 223 Å². The number of esters is 1. The minimum absolute atomic E-state index is 0.0504. The Morgan fingerprint density at radius 1 is 1.13 bits per heavy atom. The molecule has 0 amide bonds. The SMILES string of the molecule is CC1=CC(=O)[C@@H]2[C@@H](C1)[C@]1(C)C(=O)[C@@]34OC(=O)C[C@@](C)([C@H]1C(=O)[C@@H]2C)[C@]3(C)CC[C@]12C[C@@H](CO)C[C@H](CN14)O2. The van der Waals surface area contributed by atoms with Crippen molar-refractivity contribution in [3.63, 3.8) is 0 Å². The molecule has 4 aliphatic heterocycles. The van der Waals surface area contributed by atoms with Gasteiger partial charge in [0.1, 0.15) is 11.5 Å². The zero-order valence-corrected chi connectivity index (χ0v) is 23.0. The molecule has 4 heterocycles. The number of nitrogens with zero attached hydrogens (tertiary/aromatic N) is 1. The number of ketones is 3. The maximum atomic E-state index is 15.4. The van der Waals surface area contributed by atoms with E-state index >= 15 is 4.79 Å². The van der Waals surface area contributed by atoms with Crippen LogP contribution in [0.15, 0.2) is 11.6 Å². The van der Waals surface area contributed by atoms with Gasteiger partial charge in [0.25, 0.3) is 0 Å². The summed E-state index contributed by atoms with van der Waals surface area (Å²) in [7, 11) is 0. The average Bonchev–Trinajstić information content (AvgIpc) is 3.12. The number of fused-ring (bicyclic) bond motifs is 5. The number of ether oxygens (including phenoxy) is 2. The second kappa shape index (κ2) is 7.24. The largest absolute Gasteiger partial charge is 0.435 e. The lowest BCUT2D eigenvalue weighted by Gasteiger charge is -2.75. The third-order valence-electron chi connectivity index (χ3n) is 12.7. The first kappa shape index (κ1) is 25.1. The van der Waals surface area contributed by atoms with Crippen molar-refractivity contribution in [2.75, 3.05) is 13.2 Å². The molecule has 206 valence electrons. The molecule has 4 bridgehead atoms. The van der Waals surface area contributed by atoms with E-state index in [2.05, 4.69) is 6.92 Å². The first-order valence-corrected chi connectivity index (χ1v) is 14.4. The summed E-state index contributed by atoms with van der Waals surface area (Å²) in [5.41, 5.74) is -4.24. The topological polar surface area (TPSA) is 110 Å². The lowest BCUT2D eigenvalue weighted by atomic mass is 9.32. The van der Waals surface area contributed by atoms with Gasteiger partial charge in [-0.1, -0.05) is 33.3 Å². The monoisotopic (exact) mass is 525 g/mol. The van der Waals surface area contributed by atoms with Crippen LogP contribution < -0.4 is 0 Å². The van der Waals surface area contributed by atoms with Crippen LogP contribution in [0.4, 0.5) is 0 Å². The maximum absolute atomic E-state index is 15.4. The number of piperidine rings is 1. The molecule has 7 aliphatic rings. The van der Waals surface area contributed by atoms with Gasteiger partial charge in [-0.25, -0.2) is 4.90 Å². The third-order valence-corrected chi connectivity index (χ3v) is 12.7. The van der Waals surface area contributed by atoms with Gasteiger partial charge < -0.3 is 14.6 Å². The highest BCUT2D eigenvalue weighted by Gasteiger charge is 2.86. The van der Waals surface area contributed by atoms with Crippen molar-refractivity contribution >= 4 is 23.3 Å². The molecule has 2 saturated carbocycles. The summed E-state index contributed by atoms with van der Waals surface area (Å²) in [5, 5.41) is 10.1. The molecular weight excluding hydrogens is 486 g/mol. The van der Waals surface area contributed by atoms with Crippen molar-refractivity contribution in [3.05, 3.63) is 11.6 Å². The van der Waals surface area contributed by atoms with E-state index < -0.39 is 51.4 Å². The Morgan fingerprint density at radius 3 is 2.58 bits per heavy atom. The maximum Gasteiger partial charge on any atom is 0.308 e. The number of aliphatic hydroxyl groups is 1. The van der Waals surface area contributed by atoms with Crippen molar-refractivity contribution in [1.82, 2.24) is 4.90 Å². The molecule has 8 heteroatoms. The van der Waals surface area contributed by atoms with E-state index in [1.165, 1.54) is 0 Å². The average molecular weight is 526 g/mol. The second-order valence-corrected chi connectivity index (χ2v) is 14.3. The number of hydrogen-bond acceptors (Lipinski definition) is 8. The Kier molecular flexibility index (Phi) is 4.78. The minimum Gasteiger partial charge on any atom is -0.435 e. The van der Waals surface area contributed by atoms with E-state index in [0.29, 0.717) is 38.6 Å². The van der Waals surface area contributed by atoms with Crippen LogP contribution in [0.25, 0.3) is 0 Å². The Balaban J connectivity index is 1.48. The number of carbonyl (C=O) groups excluding carboxylic acids is 4. The molecule has 1 N–H and O–H groups in total. The molecule has 6 fully saturated rings. The molecule has 0 aromatic heterocycles. The molecule has 8 nitrogen and oxygen atoms in total. The quantitative estimate of drug-likeness (QED) is 0.521. The van der Waals surface area contributed by atoms with Crippen molar-refractivity contribution in [1.29, 1.82) is 0 Å². The first-order valence-electron chi connectivity index (χ1n) is 14.4. The van der Waals surface area contributed by atoms with E-state index in [-0.39, 0.29) is 48.3 Å². The van der Waals surface area contributed by atoms with Gasteiger partial charge in [0.05, 0.1) is 12.5 Å². The van der Waals surface area contributed by atoms with Crippen LogP contribution >= 0.6 is 0 Å². The molecule has 3 aliphatic carbocycles. The van der Waals surface area contributed by atoms with Gasteiger partial charge in [-0.3, -0.25) is 19.2 Å². The zero-order valence-electron chi connectivity index (χ0n) is 23.0. The molecule has 7 rings (SSSR count). The zero-order chi connectivity index (χ0) is 27.2. The molecular formula is C30H39NO7. The van der Waals surface area contributed by atoms with Gasteiger partial charge in [-0.05, 0) is 62.4 Å². The molecule has 0 aromatic carbocycles. The van der Waals surface area contributed by atoms with Crippen molar-refractivity contribution in [2.45, 2.75) is 90.7 Å². The number of carbonyl (C=O) groups is 4. The summed E-state index contributed by atoms with van der Waals surface area (Å²) in [4.78, 5) is 58.7. The highest BCUT2D eigenvalue weighted by Crippen LogP contribution is 2.76. The van der Waals surface area contributed by atoms with Gasteiger partial charge in [0.15, 0.2) is 11.6 Å². The fourth-order valence-electron chi connectivity index (χ4n) is 10.9. The van der Waals surface area contributed by atoms with E-state index in [4.69, 9.17) is 9.47 Å². The van der Waals surface area contributed by atoms with Crippen molar-refractivity contribution < 1.29 is 33.8 Å². The number of rotatable bonds is 1. The van der Waals surface area contributed by atoms with Crippen molar-refractivity contribution in [3.8, 4) is 0 Å². The summed E-state index contributed by atoms with van der Waals surface area (Å²) >= 11 is 0. The number of aliphatic hydroxyl groups excluding tert-OH is 1. The summed E-state index contributed by atoms with van der Waals surface area (Å²) in [6.45, 7) is 10.2. The molecule has 0 unspecified atom stereocenters. The van der Waals surface area contributed by atoms with Crippen molar-refractivity contribution in [2.24, 2.45) is 45.8 Å². The molecule has 4 saturated heterocycles. The van der Waals surface area contributed by atoms with Gasteiger partial charge in [-0.15, -0.1) is 0 Å². The lowest BCUT2D eigenvalue weighted by molar-refractivity contribution is -0.350. The molecule has 0 aromatic rings. The number of hydrogen-bond donors (Lipinski definition) is 1. The minimum atomic E-state index is -1.58. The van der Waals surface area contributed by atoms with Crippen LogP contribution in [0.2, 0.25) is 0 Å². The van der Waals surface area contributed by atoms with Gasteiger partial charge in [0.2, 0.25) is 5.72 Å². The molecule has 1 spiro atoms. The fraction of sp³-hybridized carbons (Fsp3) is 0.800. The summed E-state index contributed by atoms with van der Waals surface area (Å²) in [6, 6.07) is 0. The van der Waals surface area contributed by atoms with E-state index in [1.807, 2.05) is 32.6 Å². The van der Waals surface area contributed by atoms with Crippen LogP contribution in [0, 0.1) is 45.8 Å². The van der Waals surface area contributed by atoms with Gasteiger partial charge in [0, 0.05) is 41.7 Å². The lowest BCUT2D eigenvalue weighted by Crippen LogP contribution is -2.87. The van der Waals surface area contributed by atoms with E-state index in [0.717, 1.165) is 5.57 Å². The predicted molar refractivity (Wildman–Crippen MR) is 134 cm³/mol. The van der Waals surface area contributed by atoms with Crippen LogP contribution in [-0.2, 0) is 28.7 Å². The molecule has 11 atom stereocenters. The molecule has 0 radical (unpaired) electrons. The Hall–Kier alpha value is -1.90. The van der Waals surface area contributed by atoms with Gasteiger partial charge in [-0.2, -0.15) is 0 Å². The van der Waals surface area contributed by atoms with Crippen LogP contribution in [0.5, 0.6) is 0 Å². The molecule has 38 heavy (non-hydrogen) atoms.